The SMILES string of the molecule is C#CC(C)(C=C)C(O)C=C. The van der Waals surface area contributed by atoms with Crippen molar-refractivity contribution in [1.82, 2.24) is 0 Å². The molecule has 0 rings (SSSR count). The van der Waals surface area contributed by atoms with E-state index in [2.05, 4.69) is 19.1 Å². The lowest BCUT2D eigenvalue weighted by atomic mass is 9.85. The lowest BCUT2D eigenvalue weighted by Crippen LogP contribution is -2.26. The zero-order chi connectivity index (χ0) is 8.20. The third-order valence-electron chi connectivity index (χ3n) is 1.57. The van der Waals surface area contributed by atoms with Gasteiger partial charge in [-0.05, 0) is 6.92 Å². The molecule has 0 aliphatic carbocycles. The normalized spacial score (nSPS) is 18.1. The molecule has 0 heterocycles. The van der Waals surface area contributed by atoms with Crippen molar-refractivity contribution in [2.24, 2.45) is 5.41 Å². The Bertz CT molecular complexity index is 176. The highest BCUT2D eigenvalue weighted by Gasteiger charge is 2.24. The maximum atomic E-state index is 9.25. The maximum Gasteiger partial charge on any atom is 0.0916 e. The Balaban J connectivity index is 4.50. The molecule has 1 nitrogen and oxygen atoms in total. The number of hydrogen-bond donors (Lipinski definition) is 1. The monoisotopic (exact) mass is 136 g/mol. The van der Waals surface area contributed by atoms with Gasteiger partial charge < -0.3 is 5.11 Å². The van der Waals surface area contributed by atoms with E-state index in [4.69, 9.17) is 6.42 Å². The molecule has 0 aliphatic rings. The molecular weight excluding hydrogens is 124 g/mol. The van der Waals surface area contributed by atoms with Crippen molar-refractivity contribution in [3.05, 3.63) is 25.3 Å². The Labute approximate surface area is 62.1 Å². The third-order valence-corrected chi connectivity index (χ3v) is 1.57. The highest BCUT2D eigenvalue weighted by atomic mass is 16.3. The number of aliphatic hydroxyl groups excluding tert-OH is 1. The van der Waals surface area contributed by atoms with Crippen molar-refractivity contribution in [3.63, 3.8) is 0 Å². The predicted molar refractivity (Wildman–Crippen MR) is 43.3 cm³/mol. The van der Waals surface area contributed by atoms with Crippen molar-refractivity contribution < 1.29 is 5.11 Å². The van der Waals surface area contributed by atoms with Gasteiger partial charge in [0, 0.05) is 0 Å². The molecular formula is C9H12O. The second-order valence-electron chi connectivity index (χ2n) is 2.31. The van der Waals surface area contributed by atoms with Gasteiger partial charge >= 0.3 is 0 Å². The summed E-state index contributed by atoms with van der Waals surface area (Å²) in [5.41, 5.74) is -0.679. The molecule has 0 bridgehead atoms. The number of aliphatic hydroxyl groups is 1. The summed E-state index contributed by atoms with van der Waals surface area (Å²) in [6, 6.07) is 0. The van der Waals surface area contributed by atoms with Crippen LogP contribution in [0.15, 0.2) is 25.3 Å². The molecule has 0 radical (unpaired) electrons. The fraction of sp³-hybridized carbons (Fsp3) is 0.333. The average molecular weight is 136 g/mol. The highest BCUT2D eigenvalue weighted by Crippen LogP contribution is 2.21. The van der Waals surface area contributed by atoms with Crippen molar-refractivity contribution in [1.29, 1.82) is 0 Å². The Morgan fingerprint density at radius 1 is 1.70 bits per heavy atom. The fourth-order valence-corrected chi connectivity index (χ4v) is 0.510. The zero-order valence-electron chi connectivity index (χ0n) is 6.17. The largest absolute Gasteiger partial charge is 0.387 e. The molecule has 0 aromatic rings. The van der Waals surface area contributed by atoms with Crippen LogP contribution >= 0.6 is 0 Å². The topological polar surface area (TPSA) is 20.2 Å². The Morgan fingerprint density at radius 3 is 2.30 bits per heavy atom. The molecule has 0 aromatic heterocycles. The van der Waals surface area contributed by atoms with E-state index in [1.165, 1.54) is 6.08 Å². The van der Waals surface area contributed by atoms with Gasteiger partial charge in [0.2, 0.25) is 0 Å². The molecule has 2 atom stereocenters. The Hall–Kier alpha value is -1.00. The molecule has 1 heteroatoms. The van der Waals surface area contributed by atoms with Crippen LogP contribution in [0.5, 0.6) is 0 Å². The van der Waals surface area contributed by atoms with Crippen LogP contribution in [0.1, 0.15) is 6.92 Å². The van der Waals surface area contributed by atoms with E-state index in [0.29, 0.717) is 0 Å². The van der Waals surface area contributed by atoms with Gasteiger partial charge in [-0.2, -0.15) is 0 Å². The highest BCUT2D eigenvalue weighted by molar-refractivity contribution is 5.18. The summed E-state index contributed by atoms with van der Waals surface area (Å²) in [5.74, 6) is 2.44. The zero-order valence-corrected chi connectivity index (χ0v) is 6.17. The van der Waals surface area contributed by atoms with E-state index < -0.39 is 11.5 Å². The first-order valence-corrected chi connectivity index (χ1v) is 3.02. The number of terminal acetylenes is 1. The third kappa shape index (κ3) is 1.49. The first-order chi connectivity index (χ1) is 4.60. The lowest BCUT2D eigenvalue weighted by Gasteiger charge is -2.22. The van der Waals surface area contributed by atoms with Crippen molar-refractivity contribution >= 4 is 0 Å². The van der Waals surface area contributed by atoms with Crippen LogP contribution in [0.4, 0.5) is 0 Å². The maximum absolute atomic E-state index is 9.25. The summed E-state index contributed by atoms with van der Waals surface area (Å²) in [4.78, 5) is 0. The molecule has 2 unspecified atom stereocenters. The number of hydrogen-bond acceptors (Lipinski definition) is 1. The van der Waals surface area contributed by atoms with E-state index >= 15 is 0 Å². The summed E-state index contributed by atoms with van der Waals surface area (Å²) in [6.07, 6.45) is 7.40. The summed E-state index contributed by atoms with van der Waals surface area (Å²) in [5, 5.41) is 9.25. The smallest absolute Gasteiger partial charge is 0.0916 e. The molecule has 0 amide bonds. The van der Waals surface area contributed by atoms with Crippen molar-refractivity contribution in [2.75, 3.05) is 0 Å². The molecule has 10 heavy (non-hydrogen) atoms. The summed E-state index contributed by atoms with van der Waals surface area (Å²) >= 11 is 0. The van der Waals surface area contributed by atoms with Gasteiger partial charge in [0.15, 0.2) is 0 Å². The van der Waals surface area contributed by atoms with Gasteiger partial charge in [-0.1, -0.05) is 18.1 Å². The van der Waals surface area contributed by atoms with Gasteiger partial charge in [0.1, 0.15) is 0 Å². The lowest BCUT2D eigenvalue weighted by molar-refractivity contribution is 0.151. The minimum atomic E-state index is -0.713. The van der Waals surface area contributed by atoms with Crippen LogP contribution in [-0.2, 0) is 0 Å². The first-order valence-electron chi connectivity index (χ1n) is 3.02. The summed E-state index contributed by atoms with van der Waals surface area (Å²) in [6.45, 7) is 8.68. The Morgan fingerprint density at radius 2 is 2.20 bits per heavy atom. The number of rotatable bonds is 3. The van der Waals surface area contributed by atoms with Gasteiger partial charge in [-0.3, -0.25) is 0 Å². The fourth-order valence-electron chi connectivity index (χ4n) is 0.510. The molecule has 0 fully saturated rings. The van der Waals surface area contributed by atoms with Gasteiger partial charge in [0.05, 0.1) is 11.5 Å². The van der Waals surface area contributed by atoms with Crippen LogP contribution in [0, 0.1) is 17.8 Å². The molecule has 0 spiro atoms. The van der Waals surface area contributed by atoms with Gasteiger partial charge in [-0.15, -0.1) is 19.6 Å². The molecule has 0 saturated heterocycles. The van der Waals surface area contributed by atoms with Crippen LogP contribution in [-0.4, -0.2) is 11.2 Å². The standard InChI is InChI=1S/C9H12O/c1-5-8(10)9(4,6-2)7-3/h2,5,7-8,10H,1,3H2,4H3. The van der Waals surface area contributed by atoms with Crippen molar-refractivity contribution in [3.8, 4) is 12.3 Å². The average Bonchev–Trinajstić information content (AvgIpc) is 2.01. The van der Waals surface area contributed by atoms with Crippen LogP contribution < -0.4 is 0 Å². The second kappa shape index (κ2) is 3.24. The molecule has 1 N–H and O–H groups in total. The minimum Gasteiger partial charge on any atom is -0.387 e. The van der Waals surface area contributed by atoms with E-state index in [-0.39, 0.29) is 0 Å². The van der Waals surface area contributed by atoms with Gasteiger partial charge in [0.25, 0.3) is 0 Å². The van der Waals surface area contributed by atoms with E-state index in [0.717, 1.165) is 0 Å². The first kappa shape index (κ1) is 9.00. The molecule has 0 aromatic carbocycles. The van der Waals surface area contributed by atoms with E-state index in [1.807, 2.05) is 0 Å². The molecule has 0 saturated carbocycles. The van der Waals surface area contributed by atoms with Crippen molar-refractivity contribution in [2.45, 2.75) is 13.0 Å². The van der Waals surface area contributed by atoms with E-state index in [9.17, 15) is 5.11 Å². The van der Waals surface area contributed by atoms with E-state index in [1.54, 1.807) is 13.0 Å². The molecule has 0 aliphatic heterocycles. The minimum absolute atomic E-state index is 0.679. The molecule has 54 valence electrons. The quantitative estimate of drug-likeness (QED) is 0.459. The van der Waals surface area contributed by atoms with Crippen LogP contribution in [0.25, 0.3) is 0 Å². The van der Waals surface area contributed by atoms with Crippen LogP contribution in [0.2, 0.25) is 0 Å². The van der Waals surface area contributed by atoms with Crippen LogP contribution in [0.3, 0.4) is 0 Å². The van der Waals surface area contributed by atoms with Gasteiger partial charge in [-0.25, -0.2) is 0 Å². The second-order valence-corrected chi connectivity index (χ2v) is 2.31. The Kier molecular flexibility index (Phi) is 2.92. The predicted octanol–water partition coefficient (Wildman–Crippen LogP) is 1.36. The summed E-state index contributed by atoms with van der Waals surface area (Å²) in [7, 11) is 0. The summed E-state index contributed by atoms with van der Waals surface area (Å²) < 4.78 is 0.